The highest BCUT2D eigenvalue weighted by Crippen LogP contribution is 2.44. The summed E-state index contributed by atoms with van der Waals surface area (Å²) in [6.45, 7) is 0.995. The fraction of sp³-hybridized carbons (Fsp3) is 0.400. The van der Waals surface area contributed by atoms with E-state index in [1.807, 2.05) is 24.3 Å². The Labute approximate surface area is 170 Å². The minimum Gasteiger partial charge on any atom is -0.384 e. The lowest BCUT2D eigenvalue weighted by Crippen LogP contribution is -2.17. The summed E-state index contributed by atoms with van der Waals surface area (Å²) in [5.74, 6) is 1.36. The van der Waals surface area contributed by atoms with Gasteiger partial charge >= 0.3 is 0 Å². The van der Waals surface area contributed by atoms with Gasteiger partial charge in [-0.1, -0.05) is 41.9 Å². The van der Waals surface area contributed by atoms with Crippen LogP contribution in [0.25, 0.3) is 0 Å². The molecule has 4 nitrogen and oxygen atoms in total. The van der Waals surface area contributed by atoms with Crippen LogP contribution in [-0.2, 0) is 20.1 Å². The molecule has 1 N–H and O–H groups in total. The first-order valence-electron chi connectivity index (χ1n) is 8.83. The van der Waals surface area contributed by atoms with Crippen molar-refractivity contribution in [2.45, 2.75) is 24.0 Å². The second-order valence-corrected chi connectivity index (χ2v) is 9.72. The SMILES string of the molecule is CSCc1cccc2c1NCC2C(CCOS(C)(=O)=O)c1ccc(Cl)cc1. The van der Waals surface area contributed by atoms with E-state index < -0.39 is 10.1 Å². The first-order chi connectivity index (χ1) is 12.9. The highest BCUT2D eigenvalue weighted by atomic mass is 35.5. The van der Waals surface area contributed by atoms with E-state index in [0.717, 1.165) is 24.1 Å². The molecule has 0 aliphatic carbocycles. The number of rotatable bonds is 8. The molecule has 0 fully saturated rings. The predicted octanol–water partition coefficient (Wildman–Crippen LogP) is 4.86. The van der Waals surface area contributed by atoms with Crippen molar-refractivity contribution < 1.29 is 12.6 Å². The molecule has 2 aromatic rings. The highest BCUT2D eigenvalue weighted by Gasteiger charge is 2.32. The van der Waals surface area contributed by atoms with Crippen LogP contribution in [0.1, 0.15) is 34.9 Å². The Balaban J connectivity index is 1.90. The van der Waals surface area contributed by atoms with Crippen LogP contribution in [0.4, 0.5) is 5.69 Å². The molecule has 0 aromatic heterocycles. The van der Waals surface area contributed by atoms with Crippen LogP contribution in [0.3, 0.4) is 0 Å². The molecule has 1 heterocycles. The molecule has 2 unspecified atom stereocenters. The Kier molecular flexibility index (Phi) is 6.74. The number of benzene rings is 2. The maximum Gasteiger partial charge on any atom is 0.264 e. The zero-order valence-electron chi connectivity index (χ0n) is 15.4. The van der Waals surface area contributed by atoms with Crippen LogP contribution < -0.4 is 5.32 Å². The zero-order valence-corrected chi connectivity index (χ0v) is 17.8. The molecule has 2 atom stereocenters. The quantitative estimate of drug-likeness (QED) is 0.612. The van der Waals surface area contributed by atoms with Crippen LogP contribution in [0.2, 0.25) is 5.02 Å². The van der Waals surface area contributed by atoms with Crippen molar-refractivity contribution in [3.8, 4) is 0 Å². The zero-order chi connectivity index (χ0) is 19.4. The largest absolute Gasteiger partial charge is 0.384 e. The first-order valence-corrected chi connectivity index (χ1v) is 12.4. The smallest absolute Gasteiger partial charge is 0.264 e. The Hall–Kier alpha value is -1.21. The van der Waals surface area contributed by atoms with E-state index in [9.17, 15) is 8.42 Å². The molecule has 2 aromatic carbocycles. The average molecular weight is 426 g/mol. The number of halogens is 1. The Morgan fingerprint density at radius 1 is 1.26 bits per heavy atom. The summed E-state index contributed by atoms with van der Waals surface area (Å²) in [7, 11) is -3.45. The molecule has 0 bridgehead atoms. The van der Waals surface area contributed by atoms with Crippen molar-refractivity contribution in [3.05, 3.63) is 64.2 Å². The molecular formula is C20H24ClNO3S2. The van der Waals surface area contributed by atoms with E-state index in [1.165, 1.54) is 16.8 Å². The minimum atomic E-state index is -3.45. The van der Waals surface area contributed by atoms with Gasteiger partial charge in [-0.25, -0.2) is 0 Å². The molecule has 0 amide bonds. The van der Waals surface area contributed by atoms with Crippen molar-refractivity contribution in [1.82, 2.24) is 0 Å². The van der Waals surface area contributed by atoms with Gasteiger partial charge in [-0.2, -0.15) is 20.2 Å². The van der Waals surface area contributed by atoms with Gasteiger partial charge in [0.25, 0.3) is 10.1 Å². The summed E-state index contributed by atoms with van der Waals surface area (Å²) in [5, 5.41) is 4.27. The summed E-state index contributed by atoms with van der Waals surface area (Å²) in [4.78, 5) is 0. The van der Waals surface area contributed by atoms with Crippen LogP contribution in [-0.4, -0.2) is 34.1 Å². The van der Waals surface area contributed by atoms with Crippen LogP contribution >= 0.6 is 23.4 Å². The van der Waals surface area contributed by atoms with E-state index in [1.54, 1.807) is 11.8 Å². The fourth-order valence-corrected chi connectivity index (χ4v) is 4.81. The molecule has 0 saturated carbocycles. The van der Waals surface area contributed by atoms with Gasteiger partial charge < -0.3 is 5.32 Å². The van der Waals surface area contributed by atoms with Crippen molar-refractivity contribution in [3.63, 3.8) is 0 Å². The van der Waals surface area contributed by atoms with Crippen molar-refractivity contribution >= 4 is 39.2 Å². The minimum absolute atomic E-state index is 0.141. The lowest BCUT2D eigenvalue weighted by Gasteiger charge is -2.24. The molecule has 3 rings (SSSR count). The molecule has 1 aliphatic rings. The molecule has 0 spiro atoms. The van der Waals surface area contributed by atoms with E-state index in [4.69, 9.17) is 15.8 Å². The number of hydrogen-bond donors (Lipinski definition) is 1. The summed E-state index contributed by atoms with van der Waals surface area (Å²) in [6, 6.07) is 14.3. The van der Waals surface area contributed by atoms with Gasteiger partial charge in [0, 0.05) is 28.9 Å². The summed E-state index contributed by atoms with van der Waals surface area (Å²) in [5.41, 5.74) is 4.97. The van der Waals surface area contributed by atoms with Crippen LogP contribution in [0.5, 0.6) is 0 Å². The number of nitrogens with one attached hydrogen (secondary N) is 1. The lowest BCUT2D eigenvalue weighted by molar-refractivity contribution is 0.296. The summed E-state index contributed by atoms with van der Waals surface area (Å²) >= 11 is 7.86. The number of hydrogen-bond acceptors (Lipinski definition) is 5. The normalized spacial score (nSPS) is 17.4. The molecule has 7 heteroatoms. The first kappa shape index (κ1) is 20.5. The molecule has 27 heavy (non-hydrogen) atoms. The third-order valence-corrected chi connectivity index (χ3v) is 6.34. The second-order valence-electron chi connectivity index (χ2n) is 6.77. The van der Waals surface area contributed by atoms with Crippen LogP contribution in [0, 0.1) is 0 Å². The maximum absolute atomic E-state index is 11.4. The topological polar surface area (TPSA) is 55.4 Å². The fourth-order valence-electron chi connectivity index (χ4n) is 3.74. The summed E-state index contributed by atoms with van der Waals surface area (Å²) < 4.78 is 27.8. The van der Waals surface area contributed by atoms with Gasteiger partial charge in [0.1, 0.15) is 0 Å². The third-order valence-electron chi connectivity index (χ3n) is 4.89. The van der Waals surface area contributed by atoms with Gasteiger partial charge in [0.2, 0.25) is 0 Å². The Morgan fingerprint density at radius 3 is 2.67 bits per heavy atom. The lowest BCUT2D eigenvalue weighted by atomic mass is 9.80. The molecule has 0 radical (unpaired) electrons. The monoisotopic (exact) mass is 425 g/mol. The molecular weight excluding hydrogens is 402 g/mol. The summed E-state index contributed by atoms with van der Waals surface area (Å²) in [6.07, 6.45) is 3.81. The van der Waals surface area contributed by atoms with Gasteiger partial charge in [0.05, 0.1) is 12.9 Å². The van der Waals surface area contributed by atoms with Gasteiger partial charge in [-0.3, -0.25) is 4.18 Å². The van der Waals surface area contributed by atoms with E-state index >= 15 is 0 Å². The van der Waals surface area contributed by atoms with E-state index in [0.29, 0.717) is 11.4 Å². The molecule has 1 aliphatic heterocycles. The van der Waals surface area contributed by atoms with Gasteiger partial charge in [-0.05, 0) is 47.4 Å². The predicted molar refractivity (Wildman–Crippen MR) is 114 cm³/mol. The highest BCUT2D eigenvalue weighted by molar-refractivity contribution is 7.97. The molecule has 146 valence electrons. The number of anilines is 1. The van der Waals surface area contributed by atoms with E-state index in [-0.39, 0.29) is 18.4 Å². The third kappa shape index (κ3) is 5.19. The number of fused-ring (bicyclic) bond motifs is 1. The number of para-hydroxylation sites is 1. The average Bonchev–Trinajstić information content (AvgIpc) is 3.04. The molecule has 0 saturated heterocycles. The number of thioether (sulfide) groups is 1. The van der Waals surface area contributed by atoms with Crippen molar-refractivity contribution in [1.29, 1.82) is 0 Å². The van der Waals surface area contributed by atoms with Crippen molar-refractivity contribution in [2.75, 3.05) is 31.0 Å². The standard InChI is InChI=1S/C20H24ClNO3S2/c1-26-13-15-4-3-5-18-19(12-22-20(15)18)17(10-11-25-27(2,23)24)14-6-8-16(21)9-7-14/h3-9,17,19,22H,10-13H2,1-2H3. The van der Waals surface area contributed by atoms with E-state index in [2.05, 4.69) is 29.8 Å². The van der Waals surface area contributed by atoms with Crippen LogP contribution in [0.15, 0.2) is 42.5 Å². The van der Waals surface area contributed by atoms with Gasteiger partial charge in [0.15, 0.2) is 0 Å². The maximum atomic E-state index is 11.4. The van der Waals surface area contributed by atoms with Gasteiger partial charge in [-0.15, -0.1) is 0 Å². The second kappa shape index (κ2) is 8.86. The van der Waals surface area contributed by atoms with Crippen molar-refractivity contribution in [2.24, 2.45) is 0 Å². The Bertz CT molecular complexity index is 885. The Morgan fingerprint density at radius 2 is 2.00 bits per heavy atom.